The number of nitrogens with zero attached hydrogens (tertiary/aromatic N) is 3. The van der Waals surface area contributed by atoms with E-state index in [1.165, 1.54) is 22.8 Å². The van der Waals surface area contributed by atoms with E-state index in [9.17, 15) is 0 Å². The van der Waals surface area contributed by atoms with Crippen LogP contribution in [0.5, 0.6) is 5.75 Å². The molecule has 0 saturated carbocycles. The highest BCUT2D eigenvalue weighted by Crippen LogP contribution is 2.29. The molecule has 0 spiro atoms. The molecule has 4 rings (SSSR count). The van der Waals surface area contributed by atoms with Crippen molar-refractivity contribution in [2.45, 2.75) is 13.8 Å². The minimum absolute atomic E-state index is 0.946. The van der Waals surface area contributed by atoms with Crippen LogP contribution in [0, 0.1) is 13.8 Å². The number of anilines is 3. The topological polar surface area (TPSA) is 32.7 Å². The summed E-state index contributed by atoms with van der Waals surface area (Å²) in [4.78, 5) is 4.85. The maximum atomic E-state index is 5.52. The number of ether oxygens (including phenoxy) is 1. The molecule has 5 heteroatoms. The van der Waals surface area contributed by atoms with Gasteiger partial charge in [0.2, 0.25) is 0 Å². The molecule has 1 saturated heterocycles. The Morgan fingerprint density at radius 2 is 1.36 bits per heavy atom. The molecule has 3 aromatic rings. The third-order valence-corrected chi connectivity index (χ3v) is 5.45. The lowest BCUT2D eigenvalue weighted by molar-refractivity contribution is 0.413. The Balaban J connectivity index is 1.40. The molecule has 28 heavy (non-hydrogen) atoms. The van der Waals surface area contributed by atoms with Crippen molar-refractivity contribution in [2.24, 2.45) is 0 Å². The lowest BCUT2D eigenvalue weighted by atomic mass is 10.2. The number of nitrogens with one attached hydrogen (secondary N) is 1. The van der Waals surface area contributed by atoms with Gasteiger partial charge in [-0.05, 0) is 62.4 Å². The maximum Gasteiger partial charge on any atom is 0.142 e. The third kappa shape index (κ3) is 3.65. The van der Waals surface area contributed by atoms with E-state index in [-0.39, 0.29) is 0 Å². The first-order chi connectivity index (χ1) is 13.7. The zero-order valence-electron chi connectivity index (χ0n) is 16.9. The quantitative estimate of drug-likeness (QED) is 0.719. The van der Waals surface area contributed by atoms with Gasteiger partial charge in [-0.3, -0.25) is 10.1 Å². The fourth-order valence-corrected chi connectivity index (χ4v) is 3.82. The summed E-state index contributed by atoms with van der Waals surface area (Å²) in [5, 5.41) is 0. The molecule has 0 amide bonds. The Kier molecular flexibility index (Phi) is 5.15. The molecule has 0 bridgehead atoms. The van der Waals surface area contributed by atoms with Crippen LogP contribution in [0.15, 0.2) is 60.7 Å². The molecule has 1 aliphatic rings. The van der Waals surface area contributed by atoms with E-state index in [2.05, 4.69) is 82.3 Å². The predicted molar refractivity (Wildman–Crippen MR) is 117 cm³/mol. The maximum absolute atomic E-state index is 5.52. The zero-order chi connectivity index (χ0) is 19.5. The smallest absolute Gasteiger partial charge is 0.142 e. The molecule has 1 aromatic heterocycles. The Bertz CT molecular complexity index is 905. The lowest BCUT2D eigenvalue weighted by Gasteiger charge is -2.37. The van der Waals surface area contributed by atoms with Crippen LogP contribution in [0.1, 0.15) is 11.4 Å². The molecule has 0 radical (unpaired) electrons. The fraction of sp³-hybridized carbons (Fsp3) is 0.304. The average molecular weight is 377 g/mol. The van der Waals surface area contributed by atoms with Gasteiger partial charge in [0.15, 0.2) is 0 Å². The summed E-state index contributed by atoms with van der Waals surface area (Å²) < 4.78 is 7.63. The average Bonchev–Trinajstić information content (AvgIpc) is 3.06. The van der Waals surface area contributed by atoms with Crippen molar-refractivity contribution in [3.63, 3.8) is 0 Å². The van der Waals surface area contributed by atoms with Crippen molar-refractivity contribution in [1.29, 1.82) is 0 Å². The van der Waals surface area contributed by atoms with E-state index in [1.54, 1.807) is 7.11 Å². The van der Waals surface area contributed by atoms with Gasteiger partial charge in [-0.25, -0.2) is 0 Å². The van der Waals surface area contributed by atoms with E-state index in [1.807, 2.05) is 12.1 Å². The highest BCUT2D eigenvalue weighted by Gasteiger charge is 2.19. The van der Waals surface area contributed by atoms with Crippen molar-refractivity contribution in [3.05, 3.63) is 72.1 Å². The summed E-state index contributed by atoms with van der Waals surface area (Å²) in [7, 11) is 1.74. The Morgan fingerprint density at radius 3 is 2.00 bits per heavy atom. The van der Waals surface area contributed by atoms with Crippen LogP contribution < -0.4 is 20.0 Å². The molecule has 1 fully saturated rings. The molecule has 1 aliphatic heterocycles. The number of methoxy groups -OCH3 is 1. The Labute approximate surface area is 167 Å². The number of para-hydroxylation sites is 2. The molecule has 146 valence electrons. The van der Waals surface area contributed by atoms with E-state index < -0.39 is 0 Å². The van der Waals surface area contributed by atoms with Crippen LogP contribution in [0.4, 0.5) is 17.1 Å². The van der Waals surface area contributed by atoms with Gasteiger partial charge in [0.25, 0.3) is 0 Å². The number of aryl methyl sites for hydroxylation is 2. The van der Waals surface area contributed by atoms with E-state index in [0.717, 1.165) is 37.6 Å². The second-order valence-corrected chi connectivity index (χ2v) is 7.26. The standard InChI is InChI=1S/C23H28N4O/c1-18-8-9-19(2)27(18)24-20-10-12-21(13-11-20)25-14-16-26(17-15-25)22-6-4-5-7-23(22)28-3/h4-13,24H,14-17H2,1-3H3. The van der Waals surface area contributed by atoms with Crippen LogP contribution in [0.2, 0.25) is 0 Å². The minimum Gasteiger partial charge on any atom is -0.495 e. The molecular weight excluding hydrogens is 348 g/mol. The van der Waals surface area contributed by atoms with Gasteiger partial charge in [-0.1, -0.05) is 12.1 Å². The Hall–Kier alpha value is -3.08. The first-order valence-corrected chi connectivity index (χ1v) is 9.80. The molecule has 2 aromatic carbocycles. The van der Waals surface area contributed by atoms with Gasteiger partial charge < -0.3 is 14.5 Å². The molecule has 0 atom stereocenters. The largest absolute Gasteiger partial charge is 0.495 e. The molecule has 0 unspecified atom stereocenters. The number of hydrogen-bond donors (Lipinski definition) is 1. The molecule has 0 aliphatic carbocycles. The van der Waals surface area contributed by atoms with Crippen LogP contribution in [-0.4, -0.2) is 38.0 Å². The number of rotatable bonds is 5. The summed E-state index contributed by atoms with van der Waals surface area (Å²) >= 11 is 0. The van der Waals surface area contributed by atoms with Gasteiger partial charge in [0.1, 0.15) is 5.75 Å². The normalized spacial score (nSPS) is 14.2. The zero-order valence-corrected chi connectivity index (χ0v) is 16.9. The number of hydrogen-bond acceptors (Lipinski definition) is 4. The SMILES string of the molecule is COc1ccccc1N1CCN(c2ccc(Nn3c(C)ccc3C)cc2)CC1. The van der Waals surface area contributed by atoms with Crippen LogP contribution in [-0.2, 0) is 0 Å². The molecular formula is C23H28N4O. The van der Waals surface area contributed by atoms with Gasteiger partial charge in [0, 0.05) is 43.3 Å². The second kappa shape index (κ2) is 7.89. The molecule has 1 N–H and O–H groups in total. The van der Waals surface area contributed by atoms with Crippen LogP contribution >= 0.6 is 0 Å². The summed E-state index contributed by atoms with van der Waals surface area (Å²) in [5.41, 5.74) is 9.42. The fourth-order valence-electron chi connectivity index (χ4n) is 3.82. The third-order valence-electron chi connectivity index (χ3n) is 5.45. The summed E-state index contributed by atoms with van der Waals surface area (Å²) in [6, 6.07) is 21.2. The lowest BCUT2D eigenvalue weighted by Crippen LogP contribution is -2.46. The first-order valence-electron chi connectivity index (χ1n) is 9.80. The summed E-state index contributed by atoms with van der Waals surface area (Å²) in [6.07, 6.45) is 0. The second-order valence-electron chi connectivity index (χ2n) is 7.26. The van der Waals surface area contributed by atoms with E-state index >= 15 is 0 Å². The molecule has 5 nitrogen and oxygen atoms in total. The van der Waals surface area contributed by atoms with E-state index in [4.69, 9.17) is 4.74 Å². The first kappa shape index (κ1) is 18.3. The van der Waals surface area contributed by atoms with Gasteiger partial charge in [0.05, 0.1) is 18.5 Å². The van der Waals surface area contributed by atoms with Gasteiger partial charge >= 0.3 is 0 Å². The summed E-state index contributed by atoms with van der Waals surface area (Å²) in [5.74, 6) is 0.946. The highest BCUT2D eigenvalue weighted by atomic mass is 16.5. The van der Waals surface area contributed by atoms with Crippen molar-refractivity contribution in [1.82, 2.24) is 4.68 Å². The predicted octanol–water partition coefficient (Wildman–Crippen LogP) is 4.32. The summed E-state index contributed by atoms with van der Waals surface area (Å²) in [6.45, 7) is 8.19. The number of aromatic nitrogens is 1. The van der Waals surface area contributed by atoms with Crippen molar-refractivity contribution >= 4 is 17.1 Å². The van der Waals surface area contributed by atoms with E-state index in [0.29, 0.717) is 0 Å². The Morgan fingerprint density at radius 1 is 0.750 bits per heavy atom. The van der Waals surface area contributed by atoms with Crippen molar-refractivity contribution < 1.29 is 4.74 Å². The number of piperazine rings is 1. The minimum atomic E-state index is 0.946. The monoisotopic (exact) mass is 376 g/mol. The van der Waals surface area contributed by atoms with Crippen molar-refractivity contribution in [3.8, 4) is 5.75 Å². The van der Waals surface area contributed by atoms with Crippen LogP contribution in [0.3, 0.4) is 0 Å². The number of benzene rings is 2. The van der Waals surface area contributed by atoms with Gasteiger partial charge in [-0.2, -0.15) is 0 Å². The van der Waals surface area contributed by atoms with Crippen LogP contribution in [0.25, 0.3) is 0 Å². The van der Waals surface area contributed by atoms with Gasteiger partial charge in [-0.15, -0.1) is 0 Å². The van der Waals surface area contributed by atoms with Crippen molar-refractivity contribution in [2.75, 3.05) is 48.5 Å². The molecule has 2 heterocycles. The highest BCUT2D eigenvalue weighted by molar-refractivity contribution is 5.61.